The van der Waals surface area contributed by atoms with Crippen LogP contribution in [0.25, 0.3) is 0 Å². The van der Waals surface area contributed by atoms with Crippen LogP contribution < -0.4 is 4.89 Å². The van der Waals surface area contributed by atoms with Crippen LogP contribution in [0.3, 0.4) is 0 Å². The van der Waals surface area contributed by atoms with E-state index in [1.807, 2.05) is 76.7 Å². The second-order valence-corrected chi connectivity index (χ2v) is 15.5. The molecule has 0 bridgehead atoms. The second-order valence-electron chi connectivity index (χ2n) is 14.1. The minimum Gasteiger partial charge on any atom is -0.756 e. The number of aliphatic hydroxyl groups excluding tert-OH is 1. The summed E-state index contributed by atoms with van der Waals surface area (Å²) in [5.41, 5.74) is 0. The Balaban J connectivity index is 4.59. The van der Waals surface area contributed by atoms with E-state index in [0.29, 0.717) is 36.7 Å². The number of hydrogen-bond donors (Lipinski definition) is 1. The van der Waals surface area contributed by atoms with Crippen molar-refractivity contribution in [3.8, 4) is 0 Å². The highest BCUT2D eigenvalue weighted by Crippen LogP contribution is 2.38. The summed E-state index contributed by atoms with van der Waals surface area (Å²) in [6.07, 6.45) is 37.1. The summed E-state index contributed by atoms with van der Waals surface area (Å²) in [6, 6.07) is 0. The molecule has 2 unspecified atom stereocenters. The van der Waals surface area contributed by atoms with Crippen LogP contribution in [0.15, 0.2) is 72.9 Å². The van der Waals surface area contributed by atoms with Crippen LogP contribution in [-0.4, -0.2) is 81.2 Å². The number of esters is 2. The number of nitrogens with zero attached hydrogens (tertiary/aromatic N) is 1. The smallest absolute Gasteiger partial charge is 0.306 e. The van der Waals surface area contributed by atoms with Gasteiger partial charge in [0.1, 0.15) is 19.8 Å². The van der Waals surface area contributed by atoms with Crippen LogP contribution in [-0.2, 0) is 32.7 Å². The quantitative estimate of drug-likeness (QED) is 0.0170. The second kappa shape index (κ2) is 33.9. The summed E-state index contributed by atoms with van der Waals surface area (Å²) in [4.78, 5) is 37.3. The lowest BCUT2D eigenvalue weighted by Gasteiger charge is -2.28. The number of likely N-dealkylation sites (N-methyl/N-ethyl adjacent to an activating group) is 1. The average molecular weight is 766 g/mol. The van der Waals surface area contributed by atoms with Crippen molar-refractivity contribution in [3.63, 3.8) is 0 Å². The maximum Gasteiger partial charge on any atom is 0.306 e. The number of rotatable bonds is 34. The van der Waals surface area contributed by atoms with Gasteiger partial charge in [-0.3, -0.25) is 14.2 Å². The SMILES string of the molecule is CC/C=C\C(O)C/C=C/C=C\C/C=C\C/C=C\CCCC(=O)O[C@H](COC(=O)CCCCCCC/C=C\CCCC)COP(=O)([O-])OCC[N+](C)(C)C. The predicted molar refractivity (Wildman–Crippen MR) is 214 cm³/mol. The Bertz CT molecular complexity index is 1150. The number of carbonyl (C=O) groups excluding carboxylic acids is 2. The summed E-state index contributed by atoms with van der Waals surface area (Å²) in [6.45, 7) is 3.82. The predicted octanol–water partition coefficient (Wildman–Crippen LogP) is 9.02. The normalized spacial score (nSPS) is 15.1. The zero-order valence-corrected chi connectivity index (χ0v) is 34.4. The maximum absolute atomic E-state index is 12.6. The van der Waals surface area contributed by atoms with E-state index in [9.17, 15) is 24.2 Å². The summed E-state index contributed by atoms with van der Waals surface area (Å²) >= 11 is 0. The summed E-state index contributed by atoms with van der Waals surface area (Å²) in [7, 11) is 1.08. The lowest BCUT2D eigenvalue weighted by Crippen LogP contribution is -2.37. The molecule has 0 aliphatic heterocycles. The molecule has 1 N–H and O–H groups in total. The molecule has 0 aromatic heterocycles. The van der Waals surface area contributed by atoms with Crippen LogP contribution in [0.4, 0.5) is 0 Å². The lowest BCUT2D eigenvalue weighted by molar-refractivity contribution is -0.870. The minimum atomic E-state index is -4.65. The Labute approximate surface area is 321 Å². The number of carbonyl (C=O) groups is 2. The van der Waals surface area contributed by atoms with Crippen LogP contribution in [0.2, 0.25) is 0 Å². The number of hydrogen-bond acceptors (Lipinski definition) is 9. The van der Waals surface area contributed by atoms with Gasteiger partial charge in [0, 0.05) is 12.8 Å². The summed E-state index contributed by atoms with van der Waals surface area (Å²) < 4.78 is 33.6. The number of phosphoric acid groups is 1. The van der Waals surface area contributed by atoms with Gasteiger partial charge in [0.15, 0.2) is 6.10 Å². The van der Waals surface area contributed by atoms with Crippen LogP contribution in [0.5, 0.6) is 0 Å². The van der Waals surface area contributed by atoms with Gasteiger partial charge < -0.3 is 33.0 Å². The van der Waals surface area contributed by atoms with Gasteiger partial charge in [-0.15, -0.1) is 0 Å². The van der Waals surface area contributed by atoms with Gasteiger partial charge in [0.05, 0.1) is 33.9 Å². The summed E-state index contributed by atoms with van der Waals surface area (Å²) in [5, 5.41) is 9.76. The van der Waals surface area contributed by atoms with E-state index in [1.165, 1.54) is 12.8 Å². The van der Waals surface area contributed by atoms with Crippen molar-refractivity contribution in [2.45, 2.75) is 135 Å². The first kappa shape index (κ1) is 50.4. The fourth-order valence-electron chi connectivity index (χ4n) is 4.63. The molecule has 0 aliphatic carbocycles. The average Bonchev–Trinajstić information content (AvgIpc) is 3.10. The molecular weight excluding hydrogens is 693 g/mol. The summed E-state index contributed by atoms with van der Waals surface area (Å²) in [5.74, 6) is -0.948. The molecule has 0 saturated carbocycles. The Kier molecular flexibility index (Phi) is 32.3. The number of aliphatic hydroxyl groups is 1. The van der Waals surface area contributed by atoms with E-state index in [4.69, 9.17) is 18.5 Å². The molecule has 0 saturated heterocycles. The van der Waals surface area contributed by atoms with Crippen molar-refractivity contribution in [1.29, 1.82) is 0 Å². The van der Waals surface area contributed by atoms with Crippen molar-refractivity contribution < 1.29 is 47.2 Å². The Morgan fingerprint density at radius 2 is 1.32 bits per heavy atom. The van der Waals surface area contributed by atoms with Crippen molar-refractivity contribution in [3.05, 3.63) is 72.9 Å². The van der Waals surface area contributed by atoms with E-state index < -0.39 is 38.6 Å². The zero-order chi connectivity index (χ0) is 39.5. The first-order valence-electron chi connectivity index (χ1n) is 19.8. The molecule has 304 valence electrons. The van der Waals surface area contributed by atoms with Gasteiger partial charge in [-0.2, -0.15) is 0 Å². The highest BCUT2D eigenvalue weighted by Gasteiger charge is 2.21. The fraction of sp³-hybridized carbons (Fsp3) is 0.667. The number of ether oxygens (including phenoxy) is 2. The minimum absolute atomic E-state index is 0.0542. The third-order valence-corrected chi connectivity index (χ3v) is 8.75. The Morgan fingerprint density at radius 1 is 0.717 bits per heavy atom. The van der Waals surface area contributed by atoms with Gasteiger partial charge in [-0.05, 0) is 64.2 Å². The number of allylic oxidation sites excluding steroid dienone is 10. The third-order valence-electron chi connectivity index (χ3n) is 7.79. The largest absolute Gasteiger partial charge is 0.756 e. The van der Waals surface area contributed by atoms with Gasteiger partial charge in [-0.25, -0.2) is 0 Å². The topological polar surface area (TPSA) is 131 Å². The van der Waals surface area contributed by atoms with Crippen LogP contribution in [0, 0.1) is 0 Å². The third kappa shape index (κ3) is 37.5. The highest BCUT2D eigenvalue weighted by molar-refractivity contribution is 7.45. The Hall–Kier alpha value is -2.59. The fourth-order valence-corrected chi connectivity index (χ4v) is 5.36. The molecule has 3 atom stereocenters. The standard InChI is InChI=1S/C42H72NO9P/c1-6-8-10-11-12-13-16-20-23-26-29-33-41(45)49-37-40(38-51-53(47,48)50-36-35-43(3,4)5)52-42(46)34-30-27-24-21-18-15-14-17-19-22-25-28-32-39(44)31-9-7-2/h9,11-12,14-15,19,21-22,24-25,28,31,39-40,44H,6-8,10,13,16-18,20,23,26-27,29-30,32-38H2,1-5H3/b12-11-,15-14-,22-19-,24-21-,28-25+,31-9-/t39?,40-/m1/s1. The van der Waals surface area contributed by atoms with Crippen LogP contribution in [0.1, 0.15) is 123 Å². The molecule has 0 aromatic rings. The Morgan fingerprint density at radius 3 is 2.04 bits per heavy atom. The van der Waals surface area contributed by atoms with Crippen molar-refractivity contribution in [2.24, 2.45) is 0 Å². The molecule has 0 fully saturated rings. The van der Waals surface area contributed by atoms with E-state index in [2.05, 4.69) is 31.2 Å². The van der Waals surface area contributed by atoms with Gasteiger partial charge >= 0.3 is 11.9 Å². The first-order valence-corrected chi connectivity index (χ1v) is 21.2. The zero-order valence-electron chi connectivity index (χ0n) is 33.5. The van der Waals surface area contributed by atoms with E-state index in [0.717, 1.165) is 57.8 Å². The molecule has 0 aliphatic rings. The van der Waals surface area contributed by atoms with E-state index in [-0.39, 0.29) is 26.1 Å². The number of phosphoric ester groups is 1. The molecule has 0 radical (unpaired) electrons. The van der Waals surface area contributed by atoms with E-state index >= 15 is 0 Å². The van der Waals surface area contributed by atoms with Crippen molar-refractivity contribution >= 4 is 19.8 Å². The molecule has 0 heterocycles. The molecule has 0 aromatic carbocycles. The van der Waals surface area contributed by atoms with Crippen molar-refractivity contribution in [2.75, 3.05) is 47.5 Å². The molecule has 11 heteroatoms. The molecular formula is C42H72NO9P. The van der Waals surface area contributed by atoms with E-state index in [1.54, 1.807) is 0 Å². The van der Waals surface area contributed by atoms with Gasteiger partial charge in [0.2, 0.25) is 0 Å². The maximum atomic E-state index is 12.6. The molecule has 53 heavy (non-hydrogen) atoms. The molecule has 0 spiro atoms. The van der Waals surface area contributed by atoms with Crippen LogP contribution >= 0.6 is 7.82 Å². The number of unbranched alkanes of at least 4 members (excludes halogenated alkanes) is 8. The molecule has 0 rings (SSSR count). The molecule has 0 amide bonds. The number of quaternary nitrogens is 1. The van der Waals surface area contributed by atoms with Gasteiger partial charge in [0.25, 0.3) is 7.82 Å². The molecule has 10 nitrogen and oxygen atoms in total. The van der Waals surface area contributed by atoms with Gasteiger partial charge in [-0.1, -0.05) is 119 Å². The monoisotopic (exact) mass is 765 g/mol. The first-order chi connectivity index (χ1) is 25.4. The highest BCUT2D eigenvalue weighted by atomic mass is 31.2. The lowest BCUT2D eigenvalue weighted by atomic mass is 10.1. The van der Waals surface area contributed by atoms with Crippen molar-refractivity contribution in [1.82, 2.24) is 0 Å².